The number of rotatable bonds is 7. The van der Waals surface area contributed by atoms with Gasteiger partial charge in [0, 0.05) is 18.2 Å². The van der Waals surface area contributed by atoms with Gasteiger partial charge in [0.05, 0.1) is 16.0 Å². The summed E-state index contributed by atoms with van der Waals surface area (Å²) in [7, 11) is -4.76. The average molecular weight is 549 g/mol. The molecule has 4 aromatic rings. The zero-order valence-electron chi connectivity index (χ0n) is 18.2. The van der Waals surface area contributed by atoms with Crippen LogP contribution >= 0.6 is 0 Å². The van der Waals surface area contributed by atoms with Crippen molar-refractivity contribution in [2.45, 2.75) is 17.2 Å². The van der Waals surface area contributed by atoms with Crippen molar-refractivity contribution in [1.29, 1.82) is 0 Å². The van der Waals surface area contributed by atoms with E-state index in [9.17, 15) is 39.2 Å². The number of hydrogen-bond donors (Lipinski definition) is 1. The second-order valence-electron chi connectivity index (χ2n) is 7.46. The van der Waals surface area contributed by atoms with Crippen molar-refractivity contribution in [3.05, 3.63) is 71.5 Å². The number of halogens is 7. The highest BCUT2D eigenvalue weighted by Crippen LogP contribution is 2.37. The number of sulfonamides is 1. The van der Waals surface area contributed by atoms with Gasteiger partial charge in [0.1, 0.15) is 12.4 Å². The van der Waals surface area contributed by atoms with Gasteiger partial charge >= 0.3 is 12.4 Å². The van der Waals surface area contributed by atoms with Crippen LogP contribution in [0.5, 0.6) is 5.88 Å². The van der Waals surface area contributed by atoms with Crippen molar-refractivity contribution in [1.82, 2.24) is 24.5 Å². The molecule has 0 fully saturated rings. The minimum absolute atomic E-state index is 0.0201. The molecule has 0 saturated heterocycles. The van der Waals surface area contributed by atoms with Crippen LogP contribution in [-0.2, 0) is 22.4 Å². The van der Waals surface area contributed by atoms with Crippen LogP contribution in [0.3, 0.4) is 0 Å². The van der Waals surface area contributed by atoms with Crippen LogP contribution in [0.25, 0.3) is 17.0 Å². The first-order valence-corrected chi connectivity index (χ1v) is 11.6. The Morgan fingerprint density at radius 1 is 0.865 bits per heavy atom. The Bertz CT molecular complexity index is 1500. The second kappa shape index (κ2) is 9.59. The Morgan fingerprint density at radius 2 is 1.49 bits per heavy atom. The van der Waals surface area contributed by atoms with Gasteiger partial charge in [-0.25, -0.2) is 17.5 Å². The van der Waals surface area contributed by atoms with E-state index < -0.39 is 50.8 Å². The Labute approximate surface area is 203 Å². The van der Waals surface area contributed by atoms with Gasteiger partial charge in [-0.2, -0.15) is 30.9 Å². The fourth-order valence-corrected chi connectivity index (χ4v) is 4.21. The molecule has 2 aromatic carbocycles. The maximum absolute atomic E-state index is 13.2. The quantitative estimate of drug-likeness (QED) is 0.272. The highest BCUT2D eigenvalue weighted by Gasteiger charge is 2.38. The Balaban J connectivity index is 1.47. The summed E-state index contributed by atoms with van der Waals surface area (Å²) in [6.45, 7) is -0.885. The lowest BCUT2D eigenvalue weighted by atomic mass is 10.1. The van der Waals surface area contributed by atoms with E-state index in [1.165, 1.54) is 40.9 Å². The van der Waals surface area contributed by atoms with E-state index in [-0.39, 0.29) is 36.5 Å². The van der Waals surface area contributed by atoms with E-state index in [2.05, 4.69) is 15.3 Å². The van der Waals surface area contributed by atoms with Crippen molar-refractivity contribution >= 4 is 15.7 Å². The van der Waals surface area contributed by atoms with Gasteiger partial charge in [-0.15, -0.1) is 15.3 Å². The SMILES string of the molecule is O=S(=O)(NCCOc1ccc2nnc(-c3ccc(F)cc3)n2n1)c1cc(C(F)(F)F)cc(C(F)(F)F)c1. The number of nitrogens with zero attached hydrogens (tertiary/aromatic N) is 4. The van der Waals surface area contributed by atoms with Crippen molar-refractivity contribution in [3.8, 4) is 17.3 Å². The molecule has 16 heteroatoms. The zero-order valence-corrected chi connectivity index (χ0v) is 19.0. The molecule has 0 spiro atoms. The lowest BCUT2D eigenvalue weighted by Crippen LogP contribution is -2.29. The smallest absolute Gasteiger partial charge is 0.416 e. The van der Waals surface area contributed by atoms with Gasteiger partial charge in [0.2, 0.25) is 15.9 Å². The molecular formula is C21H14F7N5O3S. The fraction of sp³-hybridized carbons (Fsp3) is 0.190. The minimum atomic E-state index is -5.20. The van der Waals surface area contributed by atoms with Gasteiger partial charge in [-0.05, 0) is 48.5 Å². The van der Waals surface area contributed by atoms with Crippen LogP contribution < -0.4 is 9.46 Å². The van der Waals surface area contributed by atoms with E-state index >= 15 is 0 Å². The van der Waals surface area contributed by atoms with Crippen molar-refractivity contribution in [2.75, 3.05) is 13.2 Å². The highest BCUT2D eigenvalue weighted by molar-refractivity contribution is 7.89. The lowest BCUT2D eigenvalue weighted by Gasteiger charge is -2.15. The zero-order chi connectivity index (χ0) is 27.0. The third-order valence-electron chi connectivity index (χ3n) is 4.86. The summed E-state index contributed by atoms with van der Waals surface area (Å²) in [5.41, 5.74) is -2.72. The normalized spacial score (nSPS) is 12.7. The average Bonchev–Trinajstić information content (AvgIpc) is 3.24. The molecule has 1 N–H and O–H groups in total. The Kier molecular flexibility index (Phi) is 6.81. The molecule has 0 bridgehead atoms. The number of alkyl halides is 6. The number of nitrogens with one attached hydrogen (secondary N) is 1. The van der Waals surface area contributed by atoms with E-state index in [0.29, 0.717) is 11.2 Å². The van der Waals surface area contributed by atoms with Crippen LogP contribution in [0.4, 0.5) is 30.7 Å². The van der Waals surface area contributed by atoms with Gasteiger partial charge in [0.25, 0.3) is 0 Å². The summed E-state index contributed by atoms with van der Waals surface area (Å²) in [5, 5.41) is 12.0. The van der Waals surface area contributed by atoms with Crippen LogP contribution in [0.15, 0.2) is 59.5 Å². The van der Waals surface area contributed by atoms with E-state index in [1.54, 1.807) is 0 Å². The van der Waals surface area contributed by atoms with Gasteiger partial charge in [-0.3, -0.25) is 0 Å². The molecule has 196 valence electrons. The molecule has 0 saturated carbocycles. The predicted octanol–water partition coefficient (Wildman–Crippen LogP) is 4.33. The first-order chi connectivity index (χ1) is 17.2. The standard InChI is InChI=1S/C21H14F7N5O3S/c22-15-3-1-12(2-4-15)19-31-30-17-5-6-18(32-33(17)19)36-8-7-29-37(34,35)16-10-13(20(23,24)25)9-14(11-16)21(26,27)28/h1-6,9-11,29H,7-8H2. The molecule has 0 aliphatic heterocycles. The minimum Gasteiger partial charge on any atom is -0.475 e. The molecule has 0 amide bonds. The molecule has 0 aliphatic rings. The summed E-state index contributed by atoms with van der Waals surface area (Å²) < 4.78 is 125. The number of hydrogen-bond acceptors (Lipinski definition) is 6. The largest absolute Gasteiger partial charge is 0.475 e. The van der Waals surface area contributed by atoms with E-state index in [0.717, 1.165) is 0 Å². The molecule has 4 rings (SSSR count). The van der Waals surface area contributed by atoms with Gasteiger partial charge < -0.3 is 4.74 Å². The maximum atomic E-state index is 13.2. The number of benzene rings is 2. The first kappa shape index (κ1) is 26.3. The molecule has 2 heterocycles. The summed E-state index contributed by atoms with van der Waals surface area (Å²) in [5.74, 6) is -0.226. The molecule has 0 radical (unpaired) electrons. The molecule has 8 nitrogen and oxygen atoms in total. The van der Waals surface area contributed by atoms with Crippen LogP contribution in [-0.4, -0.2) is 41.4 Å². The van der Waals surface area contributed by atoms with E-state index in [4.69, 9.17) is 4.74 Å². The maximum Gasteiger partial charge on any atom is 0.416 e. The third-order valence-corrected chi connectivity index (χ3v) is 6.30. The number of ether oxygens (including phenoxy) is 1. The number of aromatic nitrogens is 4. The van der Waals surface area contributed by atoms with Crippen molar-refractivity contribution in [3.63, 3.8) is 0 Å². The summed E-state index contributed by atoms with van der Waals surface area (Å²) in [4.78, 5) is -1.21. The fourth-order valence-electron chi connectivity index (χ4n) is 3.12. The van der Waals surface area contributed by atoms with Crippen LogP contribution in [0, 0.1) is 5.82 Å². The van der Waals surface area contributed by atoms with Gasteiger partial charge in [-0.1, -0.05) is 0 Å². The Hall–Kier alpha value is -3.79. The highest BCUT2D eigenvalue weighted by atomic mass is 32.2. The topological polar surface area (TPSA) is 98.5 Å². The van der Waals surface area contributed by atoms with Crippen molar-refractivity contribution < 1.29 is 43.9 Å². The molecule has 0 unspecified atom stereocenters. The molecular weight excluding hydrogens is 535 g/mol. The predicted molar refractivity (Wildman–Crippen MR) is 113 cm³/mol. The summed E-state index contributed by atoms with van der Waals surface area (Å²) in [6, 6.07) is 8.24. The molecule has 2 aromatic heterocycles. The van der Waals surface area contributed by atoms with Crippen LogP contribution in [0.2, 0.25) is 0 Å². The lowest BCUT2D eigenvalue weighted by molar-refractivity contribution is -0.143. The third kappa shape index (κ3) is 5.96. The monoisotopic (exact) mass is 549 g/mol. The first-order valence-electron chi connectivity index (χ1n) is 10.1. The van der Waals surface area contributed by atoms with Crippen molar-refractivity contribution in [2.24, 2.45) is 0 Å². The van der Waals surface area contributed by atoms with E-state index in [1.807, 2.05) is 4.72 Å². The van der Waals surface area contributed by atoms with Crippen LogP contribution in [0.1, 0.15) is 11.1 Å². The van der Waals surface area contributed by atoms with Gasteiger partial charge in [0.15, 0.2) is 11.5 Å². The summed E-state index contributed by atoms with van der Waals surface area (Å²) >= 11 is 0. The second-order valence-corrected chi connectivity index (χ2v) is 9.23. The Morgan fingerprint density at radius 3 is 2.08 bits per heavy atom. The molecule has 0 aliphatic carbocycles. The number of fused-ring (bicyclic) bond motifs is 1. The summed E-state index contributed by atoms with van der Waals surface area (Å²) in [6.07, 6.45) is -10.4. The molecule has 0 atom stereocenters. The molecule has 37 heavy (non-hydrogen) atoms.